The highest BCUT2D eigenvalue weighted by Crippen LogP contribution is 2.18. The molecule has 0 spiro atoms. The van der Waals surface area contributed by atoms with Gasteiger partial charge in [-0.05, 0) is 0 Å². The Hall–Kier alpha value is -0.610. The van der Waals surface area contributed by atoms with Crippen LogP contribution < -0.4 is 0 Å². The zero-order valence-electron chi connectivity index (χ0n) is 6.27. The lowest BCUT2D eigenvalue weighted by atomic mass is 10.0. The van der Waals surface area contributed by atoms with Gasteiger partial charge in [-0.2, -0.15) is 0 Å². The molecule has 0 rings (SSSR count). The van der Waals surface area contributed by atoms with Gasteiger partial charge in [-0.15, -0.1) is 0 Å². The molecule has 0 heterocycles. The molecule has 0 radical (unpaired) electrons. The van der Waals surface area contributed by atoms with Gasteiger partial charge in [0.2, 0.25) is 12.1 Å². The molecule has 0 bridgehead atoms. The minimum atomic E-state index is -3.62. The zero-order valence-corrected chi connectivity index (χ0v) is 6.27. The van der Waals surface area contributed by atoms with Crippen molar-refractivity contribution >= 4 is 6.29 Å². The van der Waals surface area contributed by atoms with Gasteiger partial charge >= 0.3 is 0 Å². The van der Waals surface area contributed by atoms with Crippen LogP contribution in [0.2, 0.25) is 0 Å². The summed E-state index contributed by atoms with van der Waals surface area (Å²) in [7, 11) is 0. The van der Waals surface area contributed by atoms with E-state index in [1.165, 1.54) is 0 Å². The molecule has 8 heteroatoms. The monoisotopic (exact) mass is 198 g/mol. The van der Waals surface area contributed by atoms with E-state index in [1.807, 2.05) is 0 Å². The fourth-order valence-electron chi connectivity index (χ4n) is 0.518. The predicted octanol–water partition coefficient (Wildman–Crippen LogP) is -4.78. The van der Waals surface area contributed by atoms with Gasteiger partial charge in [-0.25, -0.2) is 0 Å². The fraction of sp³-hybridized carbons (Fsp3) is 0.800. The Bertz CT molecular complexity index is 185. The highest BCUT2D eigenvalue weighted by Gasteiger charge is 2.51. The van der Waals surface area contributed by atoms with Crippen LogP contribution in [0.15, 0.2) is 0 Å². The second kappa shape index (κ2) is 3.64. The summed E-state index contributed by atoms with van der Waals surface area (Å²) in [4.78, 5) is 9.89. The molecular formula is C5H10O8. The first-order valence-electron chi connectivity index (χ1n) is 3.06. The third kappa shape index (κ3) is 2.42. The largest absolute Gasteiger partial charge is 0.381 e. The van der Waals surface area contributed by atoms with Crippen molar-refractivity contribution in [2.75, 3.05) is 0 Å². The van der Waals surface area contributed by atoms with E-state index in [9.17, 15) is 4.79 Å². The highest BCUT2D eigenvalue weighted by molar-refractivity contribution is 5.60. The molecule has 0 aromatic rings. The standard InChI is InChI=1S/C5H10O8/c6-1-4(10,11)2(7)5(12,13)3(8)9/h1-3,7-13H/t2-/m0/s1. The third-order valence-electron chi connectivity index (χ3n) is 1.36. The van der Waals surface area contributed by atoms with Crippen molar-refractivity contribution in [3.63, 3.8) is 0 Å². The molecule has 0 saturated heterocycles. The van der Waals surface area contributed by atoms with E-state index in [0.717, 1.165) is 0 Å². The zero-order chi connectivity index (χ0) is 10.9. The van der Waals surface area contributed by atoms with E-state index in [0.29, 0.717) is 0 Å². The Balaban J connectivity index is 4.77. The van der Waals surface area contributed by atoms with Gasteiger partial charge in [0.15, 0.2) is 12.4 Å². The predicted molar refractivity (Wildman–Crippen MR) is 34.6 cm³/mol. The van der Waals surface area contributed by atoms with Crippen molar-refractivity contribution in [2.45, 2.75) is 24.0 Å². The average Bonchev–Trinajstić information content (AvgIpc) is 2.02. The summed E-state index contributed by atoms with van der Waals surface area (Å²) >= 11 is 0. The lowest BCUT2D eigenvalue weighted by molar-refractivity contribution is -0.366. The molecule has 0 aliphatic rings. The van der Waals surface area contributed by atoms with Crippen LogP contribution >= 0.6 is 0 Å². The number of aliphatic hydroxyl groups is 7. The van der Waals surface area contributed by atoms with E-state index in [-0.39, 0.29) is 0 Å². The molecule has 0 amide bonds. The second-order valence-corrected chi connectivity index (χ2v) is 2.46. The minimum Gasteiger partial charge on any atom is -0.381 e. The molecule has 0 saturated carbocycles. The topological polar surface area (TPSA) is 159 Å². The van der Waals surface area contributed by atoms with Gasteiger partial charge in [-0.3, -0.25) is 4.79 Å². The summed E-state index contributed by atoms with van der Waals surface area (Å²) in [6, 6.07) is 0. The van der Waals surface area contributed by atoms with E-state index in [4.69, 9.17) is 35.7 Å². The maximum absolute atomic E-state index is 9.89. The molecule has 0 fully saturated rings. The van der Waals surface area contributed by atoms with Crippen LogP contribution in [-0.2, 0) is 4.79 Å². The van der Waals surface area contributed by atoms with Gasteiger partial charge in [0, 0.05) is 0 Å². The first kappa shape index (κ1) is 12.4. The number of hydrogen-bond donors (Lipinski definition) is 7. The van der Waals surface area contributed by atoms with Crippen LogP contribution in [0.5, 0.6) is 0 Å². The third-order valence-corrected chi connectivity index (χ3v) is 1.36. The van der Waals surface area contributed by atoms with Crippen LogP contribution in [0, 0.1) is 0 Å². The van der Waals surface area contributed by atoms with Crippen LogP contribution in [-0.4, -0.2) is 66.0 Å². The van der Waals surface area contributed by atoms with Crippen LogP contribution in [0.25, 0.3) is 0 Å². The number of aldehydes is 1. The summed E-state index contributed by atoms with van der Waals surface area (Å²) in [6.45, 7) is 0. The summed E-state index contributed by atoms with van der Waals surface area (Å²) in [6.07, 6.45) is -6.33. The maximum Gasteiger partial charge on any atom is 0.253 e. The second-order valence-electron chi connectivity index (χ2n) is 2.46. The SMILES string of the molecule is O=CC(O)(O)[C@H](O)C(O)(O)C(O)O. The molecule has 1 atom stereocenters. The molecule has 7 N–H and O–H groups in total. The normalized spacial score (nSPS) is 16.0. The van der Waals surface area contributed by atoms with Gasteiger partial charge < -0.3 is 35.7 Å². The van der Waals surface area contributed by atoms with Crippen molar-refractivity contribution in [3.05, 3.63) is 0 Å². The summed E-state index contributed by atoms with van der Waals surface area (Å²) in [5, 5.41) is 59.7. The maximum atomic E-state index is 9.89. The number of rotatable bonds is 4. The molecule has 0 unspecified atom stereocenters. The lowest BCUT2D eigenvalue weighted by Gasteiger charge is -2.33. The minimum absolute atomic E-state index is 0.596. The van der Waals surface area contributed by atoms with Gasteiger partial charge in [0.1, 0.15) is 0 Å². The van der Waals surface area contributed by atoms with Crippen LogP contribution in [0.1, 0.15) is 0 Å². The molecule has 0 aromatic heterocycles. The van der Waals surface area contributed by atoms with Crippen LogP contribution in [0.4, 0.5) is 0 Å². The van der Waals surface area contributed by atoms with Crippen molar-refractivity contribution in [2.24, 2.45) is 0 Å². The highest BCUT2D eigenvalue weighted by atomic mass is 16.6. The average molecular weight is 198 g/mol. The van der Waals surface area contributed by atoms with Crippen molar-refractivity contribution in [3.8, 4) is 0 Å². The van der Waals surface area contributed by atoms with E-state index >= 15 is 0 Å². The molecule has 13 heavy (non-hydrogen) atoms. The number of carbonyl (C=O) groups excluding carboxylic acids is 1. The van der Waals surface area contributed by atoms with Crippen molar-refractivity contribution in [1.29, 1.82) is 0 Å². The van der Waals surface area contributed by atoms with Gasteiger partial charge in [0.05, 0.1) is 0 Å². The molecule has 8 nitrogen and oxygen atoms in total. The van der Waals surface area contributed by atoms with Gasteiger partial charge in [-0.1, -0.05) is 0 Å². The fourth-order valence-corrected chi connectivity index (χ4v) is 0.518. The Morgan fingerprint density at radius 1 is 1.00 bits per heavy atom. The molecular weight excluding hydrogens is 188 g/mol. The Morgan fingerprint density at radius 2 is 1.38 bits per heavy atom. The lowest BCUT2D eigenvalue weighted by Crippen LogP contribution is -2.62. The Morgan fingerprint density at radius 3 is 1.62 bits per heavy atom. The molecule has 78 valence electrons. The van der Waals surface area contributed by atoms with Crippen molar-refractivity contribution in [1.82, 2.24) is 0 Å². The Kier molecular flexibility index (Phi) is 3.47. The number of hydrogen-bond acceptors (Lipinski definition) is 8. The molecule has 0 aromatic carbocycles. The van der Waals surface area contributed by atoms with Crippen molar-refractivity contribution < 1.29 is 40.5 Å². The quantitative estimate of drug-likeness (QED) is 0.175. The van der Waals surface area contributed by atoms with E-state index < -0.39 is 30.3 Å². The number of carbonyl (C=O) groups is 1. The van der Waals surface area contributed by atoms with E-state index in [1.54, 1.807) is 0 Å². The molecule has 0 aliphatic heterocycles. The summed E-state index contributed by atoms with van der Waals surface area (Å²) < 4.78 is 0. The smallest absolute Gasteiger partial charge is 0.253 e. The number of aliphatic hydroxyl groups excluding tert-OH is 2. The van der Waals surface area contributed by atoms with Gasteiger partial charge in [0.25, 0.3) is 5.79 Å². The first-order valence-corrected chi connectivity index (χ1v) is 3.06. The summed E-state index contributed by atoms with van der Waals surface area (Å²) in [5.41, 5.74) is 0. The van der Waals surface area contributed by atoms with E-state index in [2.05, 4.69) is 0 Å². The first-order chi connectivity index (χ1) is 5.66. The Labute approximate surface area is 71.9 Å². The van der Waals surface area contributed by atoms with Crippen LogP contribution in [0.3, 0.4) is 0 Å². The molecule has 0 aliphatic carbocycles. The summed E-state index contributed by atoms with van der Waals surface area (Å²) in [5.74, 6) is -7.10.